The fourth-order valence-corrected chi connectivity index (χ4v) is 6.87. The predicted molar refractivity (Wildman–Crippen MR) is 156 cm³/mol. The highest BCUT2D eigenvalue weighted by Gasteiger charge is 2.33. The summed E-state index contributed by atoms with van der Waals surface area (Å²) in [7, 11) is 0. The summed E-state index contributed by atoms with van der Waals surface area (Å²) in [6.45, 7) is 0. The lowest BCUT2D eigenvalue weighted by molar-refractivity contribution is 0.0148. The van der Waals surface area contributed by atoms with E-state index in [2.05, 4.69) is 0 Å². The molecule has 4 saturated carbocycles. The fourth-order valence-electron chi connectivity index (χ4n) is 6.87. The number of carbonyl (C=O) groups excluding carboxylic acids is 4. The molecule has 0 heterocycles. The third kappa shape index (κ3) is 8.13. The highest BCUT2D eigenvalue weighted by molar-refractivity contribution is 6.10. The smallest absolute Gasteiger partial charge is 0.339 e. The number of rotatable bonds is 8. The standard InChI is InChI=1S/C34H46O8/c35-31(39-23-13-5-1-6-14-23)27-21-29(33(37)41-25-17-9-3-10-18-25)30(34(38)42-26-19-11-4-12-20-26)22-28(27)32(36)40-24-15-7-2-8-16-24/h21-26H,1-20H2. The van der Waals surface area contributed by atoms with Gasteiger partial charge in [-0.3, -0.25) is 0 Å². The van der Waals surface area contributed by atoms with Crippen LogP contribution in [-0.2, 0) is 18.9 Å². The van der Waals surface area contributed by atoms with Crippen LogP contribution in [0.1, 0.15) is 170 Å². The summed E-state index contributed by atoms with van der Waals surface area (Å²) in [6, 6.07) is 2.62. The maximum atomic E-state index is 13.6. The molecule has 1 aromatic rings. The second-order valence-electron chi connectivity index (χ2n) is 12.6. The van der Waals surface area contributed by atoms with E-state index < -0.39 is 23.9 Å². The van der Waals surface area contributed by atoms with Crippen LogP contribution in [0.2, 0.25) is 0 Å². The van der Waals surface area contributed by atoms with Crippen LogP contribution in [0, 0.1) is 0 Å². The summed E-state index contributed by atoms with van der Waals surface area (Å²) in [5, 5.41) is 0. The first-order chi connectivity index (χ1) is 20.5. The molecule has 0 unspecified atom stereocenters. The molecule has 0 radical (unpaired) electrons. The van der Waals surface area contributed by atoms with Crippen molar-refractivity contribution >= 4 is 23.9 Å². The molecule has 4 aliphatic rings. The molecule has 0 amide bonds. The third-order valence-corrected chi connectivity index (χ3v) is 9.34. The van der Waals surface area contributed by atoms with Crippen molar-refractivity contribution in [2.45, 2.75) is 153 Å². The van der Waals surface area contributed by atoms with Gasteiger partial charge in [0.1, 0.15) is 24.4 Å². The fraction of sp³-hybridized carbons (Fsp3) is 0.706. The molecule has 5 rings (SSSR count). The average molecular weight is 583 g/mol. The number of hydrogen-bond donors (Lipinski definition) is 0. The minimum absolute atomic E-state index is 0.0637. The van der Waals surface area contributed by atoms with Crippen molar-refractivity contribution in [1.82, 2.24) is 0 Å². The molecule has 8 heteroatoms. The highest BCUT2D eigenvalue weighted by Crippen LogP contribution is 2.30. The van der Waals surface area contributed by atoms with Gasteiger partial charge in [-0.25, -0.2) is 19.2 Å². The summed E-state index contributed by atoms with van der Waals surface area (Å²) in [5.74, 6) is -2.74. The van der Waals surface area contributed by atoms with E-state index in [9.17, 15) is 19.2 Å². The Morgan fingerprint density at radius 3 is 0.738 bits per heavy atom. The molecular weight excluding hydrogens is 536 g/mol. The largest absolute Gasteiger partial charge is 0.459 e. The Morgan fingerprint density at radius 2 is 0.548 bits per heavy atom. The zero-order chi connectivity index (χ0) is 29.3. The highest BCUT2D eigenvalue weighted by atomic mass is 16.6. The number of ether oxygens (including phenoxy) is 4. The van der Waals surface area contributed by atoms with E-state index in [0.717, 1.165) is 128 Å². The van der Waals surface area contributed by atoms with E-state index in [4.69, 9.17) is 18.9 Å². The Morgan fingerprint density at radius 1 is 0.357 bits per heavy atom. The van der Waals surface area contributed by atoms with Crippen LogP contribution >= 0.6 is 0 Å². The van der Waals surface area contributed by atoms with E-state index in [-0.39, 0.29) is 46.7 Å². The zero-order valence-electron chi connectivity index (χ0n) is 24.9. The lowest BCUT2D eigenvalue weighted by Crippen LogP contribution is -2.28. The molecule has 42 heavy (non-hydrogen) atoms. The van der Waals surface area contributed by atoms with E-state index >= 15 is 0 Å². The Hall–Kier alpha value is -2.90. The molecule has 0 bridgehead atoms. The van der Waals surface area contributed by atoms with Crippen molar-refractivity contribution in [2.24, 2.45) is 0 Å². The zero-order valence-corrected chi connectivity index (χ0v) is 24.9. The molecule has 1 aromatic carbocycles. The van der Waals surface area contributed by atoms with Gasteiger partial charge in [0.05, 0.1) is 22.3 Å². The van der Waals surface area contributed by atoms with E-state index in [0.29, 0.717) is 0 Å². The average Bonchev–Trinajstić information content (AvgIpc) is 3.02. The van der Waals surface area contributed by atoms with Gasteiger partial charge in [0.2, 0.25) is 0 Å². The van der Waals surface area contributed by atoms with Crippen LogP contribution in [0.15, 0.2) is 12.1 Å². The summed E-state index contributed by atoms with van der Waals surface area (Å²) in [5.41, 5.74) is -0.255. The number of carbonyl (C=O) groups is 4. The van der Waals surface area contributed by atoms with Crippen molar-refractivity contribution in [1.29, 1.82) is 0 Å². The molecule has 4 aliphatic carbocycles. The molecule has 0 N–H and O–H groups in total. The van der Waals surface area contributed by atoms with Crippen molar-refractivity contribution in [2.75, 3.05) is 0 Å². The van der Waals surface area contributed by atoms with Gasteiger partial charge in [-0.15, -0.1) is 0 Å². The van der Waals surface area contributed by atoms with Crippen LogP contribution in [0.5, 0.6) is 0 Å². The molecule has 0 saturated heterocycles. The molecule has 230 valence electrons. The van der Waals surface area contributed by atoms with Gasteiger partial charge >= 0.3 is 23.9 Å². The van der Waals surface area contributed by atoms with Crippen LogP contribution < -0.4 is 0 Å². The molecule has 0 aliphatic heterocycles. The Bertz CT molecular complexity index is 933. The summed E-state index contributed by atoms with van der Waals surface area (Å²) in [4.78, 5) is 54.4. The molecule has 4 fully saturated rings. The van der Waals surface area contributed by atoms with Gasteiger partial charge in [-0.2, -0.15) is 0 Å². The second-order valence-corrected chi connectivity index (χ2v) is 12.6. The van der Waals surface area contributed by atoms with E-state index in [1.54, 1.807) is 0 Å². The maximum Gasteiger partial charge on any atom is 0.339 e. The Balaban J connectivity index is 1.49. The quantitative estimate of drug-likeness (QED) is 0.227. The maximum absolute atomic E-state index is 13.6. The van der Waals surface area contributed by atoms with Crippen LogP contribution in [-0.4, -0.2) is 48.3 Å². The SMILES string of the molecule is O=C(OC1CCCCC1)c1cc(C(=O)OC2CCCCC2)c(C(=O)OC2CCCCC2)cc1C(=O)OC1CCCCC1. The molecule has 8 nitrogen and oxygen atoms in total. The molecular formula is C34H46O8. The molecule has 0 aromatic heterocycles. The van der Waals surface area contributed by atoms with Gasteiger partial charge in [0.25, 0.3) is 0 Å². The van der Waals surface area contributed by atoms with E-state index in [1.165, 1.54) is 12.1 Å². The van der Waals surface area contributed by atoms with Crippen molar-refractivity contribution in [3.63, 3.8) is 0 Å². The van der Waals surface area contributed by atoms with Crippen molar-refractivity contribution in [3.05, 3.63) is 34.4 Å². The molecule has 0 atom stereocenters. The first-order valence-electron chi connectivity index (χ1n) is 16.5. The normalized spacial score (nSPS) is 21.3. The minimum atomic E-state index is -0.684. The van der Waals surface area contributed by atoms with Gasteiger partial charge < -0.3 is 18.9 Å². The van der Waals surface area contributed by atoms with Crippen molar-refractivity contribution in [3.8, 4) is 0 Å². The lowest BCUT2D eigenvalue weighted by Gasteiger charge is -2.26. The van der Waals surface area contributed by atoms with Gasteiger partial charge in [-0.05, 0) is 115 Å². The second kappa shape index (κ2) is 15.0. The summed E-state index contributed by atoms with van der Waals surface area (Å²) >= 11 is 0. The van der Waals surface area contributed by atoms with Gasteiger partial charge in [0.15, 0.2) is 0 Å². The van der Waals surface area contributed by atoms with Crippen LogP contribution in [0.3, 0.4) is 0 Å². The van der Waals surface area contributed by atoms with E-state index in [1.807, 2.05) is 0 Å². The first-order valence-corrected chi connectivity index (χ1v) is 16.5. The van der Waals surface area contributed by atoms with Gasteiger partial charge in [-0.1, -0.05) is 25.7 Å². The van der Waals surface area contributed by atoms with Crippen LogP contribution in [0.4, 0.5) is 0 Å². The predicted octanol–water partition coefficient (Wildman–Crippen LogP) is 7.64. The minimum Gasteiger partial charge on any atom is -0.459 e. The van der Waals surface area contributed by atoms with Gasteiger partial charge in [0, 0.05) is 0 Å². The summed E-state index contributed by atoms with van der Waals surface area (Å²) < 4.78 is 23.4. The lowest BCUT2D eigenvalue weighted by atomic mass is 9.95. The number of benzene rings is 1. The van der Waals surface area contributed by atoms with Crippen LogP contribution in [0.25, 0.3) is 0 Å². The molecule has 0 spiro atoms. The first kappa shape index (κ1) is 30.6. The number of esters is 4. The Labute approximate surface area is 249 Å². The number of hydrogen-bond acceptors (Lipinski definition) is 8. The third-order valence-electron chi connectivity index (χ3n) is 9.34. The monoisotopic (exact) mass is 582 g/mol. The van der Waals surface area contributed by atoms with Crippen molar-refractivity contribution < 1.29 is 38.1 Å². The Kier molecular flexibility index (Phi) is 10.9. The summed E-state index contributed by atoms with van der Waals surface area (Å²) in [6.07, 6.45) is 17.3. The topological polar surface area (TPSA) is 105 Å².